The van der Waals surface area contributed by atoms with E-state index in [2.05, 4.69) is 15.5 Å². The Hall–Kier alpha value is -1.48. The van der Waals surface area contributed by atoms with E-state index in [-0.39, 0.29) is 0 Å². The molecule has 0 aliphatic carbocycles. The summed E-state index contributed by atoms with van der Waals surface area (Å²) >= 11 is 6.05. The van der Waals surface area contributed by atoms with Gasteiger partial charge in [-0.05, 0) is 31.5 Å². The molecule has 0 atom stereocenters. The molecule has 1 aromatic heterocycles. The molecule has 0 unspecified atom stereocenters. The summed E-state index contributed by atoms with van der Waals surface area (Å²) in [5.41, 5.74) is 4.37. The number of hydrogen-bond acceptors (Lipinski definition) is 2. The lowest BCUT2D eigenvalue weighted by molar-refractivity contribution is 1.04. The smallest absolute Gasteiger partial charge is 0.0539 e. The Morgan fingerprint density at radius 2 is 2.19 bits per heavy atom. The molecule has 0 aliphatic heterocycles. The van der Waals surface area contributed by atoms with Crippen molar-refractivity contribution in [2.24, 2.45) is 0 Å². The van der Waals surface area contributed by atoms with Crippen LogP contribution < -0.4 is 5.32 Å². The van der Waals surface area contributed by atoms with Crippen LogP contribution in [0.25, 0.3) is 0 Å². The Bertz CT molecular complexity index is 491. The first kappa shape index (κ1) is 11.0. The van der Waals surface area contributed by atoms with Crippen molar-refractivity contribution in [2.45, 2.75) is 20.4 Å². The van der Waals surface area contributed by atoms with Crippen molar-refractivity contribution in [3.63, 3.8) is 0 Å². The van der Waals surface area contributed by atoms with Crippen molar-refractivity contribution in [3.8, 4) is 0 Å². The number of rotatable bonds is 3. The van der Waals surface area contributed by atoms with Crippen molar-refractivity contribution < 1.29 is 0 Å². The van der Waals surface area contributed by atoms with E-state index in [4.69, 9.17) is 11.6 Å². The lowest BCUT2D eigenvalue weighted by Gasteiger charge is -2.07. The average molecular weight is 236 g/mol. The molecule has 0 bridgehead atoms. The molecule has 2 aromatic rings. The maximum atomic E-state index is 6.05. The van der Waals surface area contributed by atoms with Gasteiger partial charge in [0.05, 0.1) is 6.20 Å². The second-order valence-corrected chi connectivity index (χ2v) is 4.24. The summed E-state index contributed by atoms with van der Waals surface area (Å²) in [6, 6.07) is 5.97. The van der Waals surface area contributed by atoms with Gasteiger partial charge in [-0.15, -0.1) is 0 Å². The van der Waals surface area contributed by atoms with Crippen LogP contribution in [-0.2, 0) is 6.54 Å². The van der Waals surface area contributed by atoms with Crippen LogP contribution >= 0.6 is 11.6 Å². The lowest BCUT2D eigenvalue weighted by Crippen LogP contribution is -1.99. The van der Waals surface area contributed by atoms with Gasteiger partial charge in [0.1, 0.15) is 0 Å². The van der Waals surface area contributed by atoms with E-state index >= 15 is 0 Å². The molecule has 0 fully saturated rings. The normalized spacial score (nSPS) is 10.4. The van der Waals surface area contributed by atoms with E-state index in [1.54, 1.807) is 0 Å². The summed E-state index contributed by atoms with van der Waals surface area (Å²) in [4.78, 5) is 0. The van der Waals surface area contributed by atoms with E-state index < -0.39 is 0 Å². The highest BCUT2D eigenvalue weighted by Crippen LogP contribution is 2.20. The summed E-state index contributed by atoms with van der Waals surface area (Å²) < 4.78 is 0. The van der Waals surface area contributed by atoms with Gasteiger partial charge < -0.3 is 5.32 Å². The Kier molecular flexibility index (Phi) is 3.15. The number of nitrogens with zero attached hydrogens (tertiary/aromatic N) is 1. The maximum Gasteiger partial charge on any atom is 0.0539 e. The predicted molar refractivity (Wildman–Crippen MR) is 66.8 cm³/mol. The Balaban J connectivity index is 2.05. The monoisotopic (exact) mass is 235 g/mol. The zero-order valence-electron chi connectivity index (χ0n) is 9.34. The quantitative estimate of drug-likeness (QED) is 0.857. The molecule has 0 saturated carbocycles. The molecule has 16 heavy (non-hydrogen) atoms. The summed E-state index contributed by atoms with van der Waals surface area (Å²) in [6.07, 6.45) is 1.83. The molecule has 0 amide bonds. The summed E-state index contributed by atoms with van der Waals surface area (Å²) in [6.45, 7) is 4.75. The van der Waals surface area contributed by atoms with Gasteiger partial charge in [0.15, 0.2) is 0 Å². The van der Waals surface area contributed by atoms with E-state index in [9.17, 15) is 0 Å². The third-order valence-corrected chi connectivity index (χ3v) is 3.00. The van der Waals surface area contributed by atoms with Gasteiger partial charge >= 0.3 is 0 Å². The molecule has 1 aromatic carbocycles. The second kappa shape index (κ2) is 4.58. The van der Waals surface area contributed by atoms with E-state index in [1.165, 1.54) is 0 Å². The Morgan fingerprint density at radius 3 is 2.81 bits per heavy atom. The minimum atomic E-state index is 0.752. The Morgan fingerprint density at radius 1 is 1.38 bits per heavy atom. The number of hydrogen-bond donors (Lipinski definition) is 2. The molecule has 0 saturated heterocycles. The van der Waals surface area contributed by atoms with E-state index in [1.807, 2.05) is 38.2 Å². The number of anilines is 1. The zero-order valence-corrected chi connectivity index (χ0v) is 10.1. The first-order chi connectivity index (χ1) is 7.66. The fourth-order valence-corrected chi connectivity index (χ4v) is 1.63. The van der Waals surface area contributed by atoms with Crippen LogP contribution in [0.1, 0.15) is 16.8 Å². The van der Waals surface area contributed by atoms with Crippen LogP contribution in [0.15, 0.2) is 24.4 Å². The molecule has 0 spiro atoms. The third-order valence-electron chi connectivity index (χ3n) is 2.59. The minimum Gasteiger partial charge on any atom is -0.381 e. The highest BCUT2D eigenvalue weighted by atomic mass is 35.5. The number of aromatic nitrogens is 2. The van der Waals surface area contributed by atoms with E-state index in [0.717, 1.165) is 34.1 Å². The van der Waals surface area contributed by atoms with Gasteiger partial charge in [-0.1, -0.05) is 17.7 Å². The molecule has 0 aliphatic rings. The first-order valence-corrected chi connectivity index (χ1v) is 5.53. The van der Waals surface area contributed by atoms with Crippen LogP contribution in [0, 0.1) is 13.8 Å². The van der Waals surface area contributed by atoms with Crippen molar-refractivity contribution in [2.75, 3.05) is 5.32 Å². The Labute approximate surface area is 99.8 Å². The van der Waals surface area contributed by atoms with Crippen LogP contribution in [-0.4, -0.2) is 10.2 Å². The van der Waals surface area contributed by atoms with Crippen LogP contribution in [0.4, 0.5) is 5.69 Å². The molecular formula is C12H14ClN3. The van der Waals surface area contributed by atoms with Gasteiger partial charge in [0.25, 0.3) is 0 Å². The van der Waals surface area contributed by atoms with Gasteiger partial charge in [0.2, 0.25) is 0 Å². The highest BCUT2D eigenvalue weighted by Gasteiger charge is 2.01. The second-order valence-electron chi connectivity index (χ2n) is 3.84. The summed E-state index contributed by atoms with van der Waals surface area (Å²) in [7, 11) is 0. The van der Waals surface area contributed by atoms with Gasteiger partial charge in [0, 0.05) is 28.5 Å². The standard InChI is InChI=1S/C12H14ClN3/c1-8-3-4-11(5-12(8)13)14-6-10-7-15-16-9(10)2/h3-5,7,14H,6H2,1-2H3,(H,15,16). The minimum absolute atomic E-state index is 0.752. The lowest BCUT2D eigenvalue weighted by atomic mass is 10.2. The van der Waals surface area contributed by atoms with E-state index in [0.29, 0.717) is 0 Å². The SMILES string of the molecule is Cc1ccc(NCc2cn[nH]c2C)cc1Cl. The highest BCUT2D eigenvalue weighted by molar-refractivity contribution is 6.31. The molecule has 2 N–H and O–H groups in total. The molecule has 84 valence electrons. The molecule has 4 heteroatoms. The number of benzene rings is 1. The molecule has 1 heterocycles. The largest absolute Gasteiger partial charge is 0.381 e. The fraction of sp³-hybridized carbons (Fsp3) is 0.250. The van der Waals surface area contributed by atoms with Crippen molar-refractivity contribution in [3.05, 3.63) is 46.2 Å². The summed E-state index contributed by atoms with van der Waals surface area (Å²) in [5, 5.41) is 11.0. The number of H-pyrrole nitrogens is 1. The van der Waals surface area contributed by atoms with Gasteiger partial charge in [-0.2, -0.15) is 5.10 Å². The maximum absolute atomic E-state index is 6.05. The van der Waals surface area contributed by atoms with Crippen LogP contribution in [0.2, 0.25) is 5.02 Å². The van der Waals surface area contributed by atoms with Crippen LogP contribution in [0.3, 0.4) is 0 Å². The van der Waals surface area contributed by atoms with Gasteiger partial charge in [-0.3, -0.25) is 5.10 Å². The zero-order chi connectivity index (χ0) is 11.5. The average Bonchev–Trinajstić information content (AvgIpc) is 2.66. The third kappa shape index (κ3) is 2.36. The molecule has 2 rings (SSSR count). The number of halogens is 1. The summed E-state index contributed by atoms with van der Waals surface area (Å²) in [5.74, 6) is 0. The van der Waals surface area contributed by atoms with Crippen LogP contribution in [0.5, 0.6) is 0 Å². The first-order valence-electron chi connectivity index (χ1n) is 5.15. The number of nitrogens with one attached hydrogen (secondary N) is 2. The van der Waals surface area contributed by atoms with Crippen molar-refractivity contribution in [1.29, 1.82) is 0 Å². The van der Waals surface area contributed by atoms with Gasteiger partial charge in [-0.25, -0.2) is 0 Å². The topological polar surface area (TPSA) is 40.7 Å². The van der Waals surface area contributed by atoms with Crippen molar-refractivity contribution in [1.82, 2.24) is 10.2 Å². The fourth-order valence-electron chi connectivity index (χ4n) is 1.45. The number of aryl methyl sites for hydroxylation is 2. The van der Waals surface area contributed by atoms with Crippen molar-refractivity contribution >= 4 is 17.3 Å². The molecule has 3 nitrogen and oxygen atoms in total. The molecular weight excluding hydrogens is 222 g/mol. The molecule has 0 radical (unpaired) electrons. The predicted octanol–water partition coefficient (Wildman–Crippen LogP) is 3.29. The number of aromatic amines is 1.